The van der Waals surface area contributed by atoms with E-state index in [1.165, 1.54) is 12.0 Å². The number of rotatable bonds is 9. The zero-order valence-corrected chi connectivity index (χ0v) is 16.9. The van der Waals surface area contributed by atoms with E-state index in [4.69, 9.17) is 0 Å². The Morgan fingerprint density at radius 1 is 1.17 bits per heavy atom. The fraction of sp³-hybridized carbons (Fsp3) is 0.500. The Labute approximate surface area is 160 Å². The Kier molecular flexibility index (Phi) is 14.0. The van der Waals surface area contributed by atoms with E-state index in [0.717, 1.165) is 37.6 Å². The summed E-state index contributed by atoms with van der Waals surface area (Å²) < 4.78 is 4.60. The van der Waals surface area contributed by atoms with Crippen molar-refractivity contribution in [2.24, 2.45) is 4.99 Å². The predicted molar refractivity (Wildman–Crippen MR) is 108 cm³/mol. The van der Waals surface area contributed by atoms with E-state index in [9.17, 15) is 4.79 Å². The summed E-state index contributed by atoms with van der Waals surface area (Å²) in [7, 11) is 3.17. The number of guanidine groups is 1. The molecule has 0 aliphatic carbocycles. The van der Waals surface area contributed by atoms with E-state index in [2.05, 4.69) is 32.5 Å². The smallest absolute Gasteiger partial charge is 0.305 e. The highest BCUT2D eigenvalue weighted by atomic mass is 127. The number of aliphatic imine (C=N–C) groups is 1. The zero-order chi connectivity index (χ0) is 16.0. The van der Waals surface area contributed by atoms with Gasteiger partial charge in [-0.3, -0.25) is 9.79 Å². The highest BCUT2D eigenvalue weighted by Gasteiger charge is 2.00. The van der Waals surface area contributed by atoms with Crippen LogP contribution in [0.4, 0.5) is 0 Å². The van der Waals surface area contributed by atoms with Gasteiger partial charge >= 0.3 is 5.97 Å². The van der Waals surface area contributed by atoms with E-state index in [1.807, 2.05) is 30.0 Å². The first-order valence-corrected chi connectivity index (χ1v) is 8.44. The number of benzene rings is 1. The molecule has 0 unspecified atom stereocenters. The second kappa shape index (κ2) is 14.6. The third-order valence-electron chi connectivity index (χ3n) is 2.96. The molecule has 2 N–H and O–H groups in total. The molecular weight excluding hydrogens is 425 g/mol. The highest BCUT2D eigenvalue weighted by Crippen LogP contribution is 2.15. The summed E-state index contributed by atoms with van der Waals surface area (Å²) in [5.74, 6) is 1.62. The summed E-state index contributed by atoms with van der Waals surface area (Å²) in [6.07, 6.45) is 2.20. The maximum atomic E-state index is 11.0. The van der Waals surface area contributed by atoms with Crippen LogP contribution in [0.1, 0.15) is 19.3 Å². The molecule has 23 heavy (non-hydrogen) atoms. The lowest BCUT2D eigenvalue weighted by Gasteiger charge is -2.11. The minimum Gasteiger partial charge on any atom is -0.469 e. The van der Waals surface area contributed by atoms with Crippen LogP contribution >= 0.6 is 35.7 Å². The van der Waals surface area contributed by atoms with Gasteiger partial charge in [-0.15, -0.1) is 35.7 Å². The van der Waals surface area contributed by atoms with Gasteiger partial charge in [-0.25, -0.2) is 0 Å². The number of carbonyl (C=O) groups is 1. The predicted octanol–water partition coefficient (Wildman–Crippen LogP) is 2.91. The van der Waals surface area contributed by atoms with Crippen LogP contribution in [0.25, 0.3) is 0 Å². The lowest BCUT2D eigenvalue weighted by Crippen LogP contribution is -2.38. The SMILES string of the molecule is CN=C(NCCCCC(=O)OC)NCCSc1ccccc1.I. The Balaban J connectivity index is 0.00000484. The van der Waals surface area contributed by atoms with Gasteiger partial charge in [-0.05, 0) is 25.0 Å². The first-order valence-electron chi connectivity index (χ1n) is 7.45. The number of methoxy groups -OCH3 is 1. The number of halogens is 1. The molecule has 7 heteroatoms. The number of hydrogen-bond acceptors (Lipinski definition) is 4. The number of ether oxygens (including phenoxy) is 1. The van der Waals surface area contributed by atoms with E-state index in [0.29, 0.717) is 6.42 Å². The van der Waals surface area contributed by atoms with Crippen LogP contribution in [0, 0.1) is 0 Å². The van der Waals surface area contributed by atoms with Crippen LogP contribution < -0.4 is 10.6 Å². The molecule has 0 saturated carbocycles. The maximum Gasteiger partial charge on any atom is 0.305 e. The molecular formula is C16H26IN3O2S. The molecule has 0 spiro atoms. The van der Waals surface area contributed by atoms with Crippen molar-refractivity contribution in [2.75, 3.05) is 33.0 Å². The second-order valence-corrected chi connectivity index (χ2v) is 5.79. The summed E-state index contributed by atoms with van der Waals surface area (Å²) in [6.45, 7) is 1.64. The summed E-state index contributed by atoms with van der Waals surface area (Å²) in [5, 5.41) is 6.51. The van der Waals surface area contributed by atoms with Gasteiger partial charge in [0.2, 0.25) is 0 Å². The fourth-order valence-corrected chi connectivity index (χ4v) is 2.57. The topological polar surface area (TPSA) is 62.7 Å². The van der Waals surface area contributed by atoms with Gasteiger partial charge in [0, 0.05) is 37.2 Å². The highest BCUT2D eigenvalue weighted by molar-refractivity contribution is 14.0. The number of carbonyl (C=O) groups excluding carboxylic acids is 1. The number of unbranched alkanes of at least 4 members (excludes halogenated alkanes) is 1. The van der Waals surface area contributed by atoms with E-state index in [-0.39, 0.29) is 29.9 Å². The van der Waals surface area contributed by atoms with Crippen molar-refractivity contribution in [2.45, 2.75) is 24.2 Å². The molecule has 0 saturated heterocycles. The number of thioether (sulfide) groups is 1. The first kappa shape index (κ1) is 22.0. The molecule has 0 aromatic heterocycles. The molecule has 1 rings (SSSR count). The van der Waals surface area contributed by atoms with Crippen molar-refractivity contribution in [1.82, 2.24) is 10.6 Å². The molecule has 0 bridgehead atoms. The summed E-state index contributed by atoms with van der Waals surface area (Å²) >= 11 is 1.81. The molecule has 0 amide bonds. The normalized spacial score (nSPS) is 10.6. The fourth-order valence-electron chi connectivity index (χ4n) is 1.78. The second-order valence-electron chi connectivity index (χ2n) is 4.62. The van der Waals surface area contributed by atoms with Gasteiger partial charge < -0.3 is 15.4 Å². The van der Waals surface area contributed by atoms with Crippen LogP contribution in [0.3, 0.4) is 0 Å². The standard InChI is InChI=1S/C16H25N3O2S.HI/c1-17-16(18-11-7-6-10-15(20)21-2)19-12-13-22-14-8-4-3-5-9-14;/h3-5,8-9H,6-7,10-13H2,1-2H3,(H2,17,18,19);1H. The third kappa shape index (κ3) is 11.2. The quantitative estimate of drug-likeness (QED) is 0.151. The molecule has 1 aromatic rings. The van der Waals surface area contributed by atoms with E-state index in [1.54, 1.807) is 7.05 Å². The van der Waals surface area contributed by atoms with Gasteiger partial charge in [0.25, 0.3) is 0 Å². The van der Waals surface area contributed by atoms with Gasteiger partial charge in [0.05, 0.1) is 7.11 Å². The zero-order valence-electron chi connectivity index (χ0n) is 13.7. The average molecular weight is 451 g/mol. The Morgan fingerprint density at radius 2 is 1.87 bits per heavy atom. The maximum absolute atomic E-state index is 11.0. The molecule has 0 fully saturated rings. The number of hydrogen-bond donors (Lipinski definition) is 2. The van der Waals surface area contributed by atoms with Crippen LogP contribution in [0.15, 0.2) is 40.2 Å². The Morgan fingerprint density at radius 3 is 2.52 bits per heavy atom. The van der Waals surface area contributed by atoms with Crippen LogP contribution in [0.5, 0.6) is 0 Å². The monoisotopic (exact) mass is 451 g/mol. The minimum absolute atomic E-state index is 0. The van der Waals surface area contributed by atoms with Crippen molar-refractivity contribution >= 4 is 47.7 Å². The average Bonchev–Trinajstić information content (AvgIpc) is 2.57. The van der Waals surface area contributed by atoms with Crippen molar-refractivity contribution in [3.63, 3.8) is 0 Å². The van der Waals surface area contributed by atoms with Gasteiger partial charge in [0.15, 0.2) is 5.96 Å². The first-order chi connectivity index (χ1) is 10.8. The number of nitrogens with one attached hydrogen (secondary N) is 2. The largest absolute Gasteiger partial charge is 0.469 e. The van der Waals surface area contributed by atoms with Crippen LogP contribution in [-0.2, 0) is 9.53 Å². The molecule has 0 atom stereocenters. The van der Waals surface area contributed by atoms with Crippen molar-refractivity contribution in [1.29, 1.82) is 0 Å². The molecule has 0 radical (unpaired) electrons. The number of nitrogens with zero attached hydrogens (tertiary/aromatic N) is 1. The Hall–Kier alpha value is -0.960. The van der Waals surface area contributed by atoms with Gasteiger partial charge in [-0.1, -0.05) is 18.2 Å². The molecule has 1 aromatic carbocycles. The molecule has 0 aliphatic heterocycles. The lowest BCUT2D eigenvalue weighted by atomic mass is 10.2. The molecule has 5 nitrogen and oxygen atoms in total. The van der Waals surface area contributed by atoms with Crippen LogP contribution in [-0.4, -0.2) is 44.9 Å². The molecule has 0 heterocycles. The molecule has 0 aliphatic rings. The summed E-state index contributed by atoms with van der Waals surface area (Å²) in [4.78, 5) is 16.4. The van der Waals surface area contributed by atoms with Crippen LogP contribution in [0.2, 0.25) is 0 Å². The van der Waals surface area contributed by atoms with Crippen molar-refractivity contribution in [3.8, 4) is 0 Å². The third-order valence-corrected chi connectivity index (χ3v) is 3.97. The van der Waals surface area contributed by atoms with Gasteiger partial charge in [0.1, 0.15) is 0 Å². The minimum atomic E-state index is -0.152. The van der Waals surface area contributed by atoms with Gasteiger partial charge in [-0.2, -0.15) is 0 Å². The summed E-state index contributed by atoms with van der Waals surface area (Å²) in [6, 6.07) is 10.3. The Bertz CT molecular complexity index is 458. The van der Waals surface area contributed by atoms with Crippen molar-refractivity contribution in [3.05, 3.63) is 30.3 Å². The van der Waals surface area contributed by atoms with Crippen molar-refractivity contribution < 1.29 is 9.53 Å². The molecule has 130 valence electrons. The lowest BCUT2D eigenvalue weighted by molar-refractivity contribution is -0.140. The van der Waals surface area contributed by atoms with E-state index >= 15 is 0 Å². The van der Waals surface area contributed by atoms with E-state index < -0.39 is 0 Å². The summed E-state index contributed by atoms with van der Waals surface area (Å²) in [5.41, 5.74) is 0. The number of esters is 1.